The van der Waals surface area contributed by atoms with Crippen molar-refractivity contribution in [3.63, 3.8) is 0 Å². The molecule has 0 aliphatic heterocycles. The quantitative estimate of drug-likeness (QED) is 0.620. The molecule has 1 aliphatic rings. The molecule has 1 aliphatic carbocycles. The van der Waals surface area contributed by atoms with Crippen LogP contribution < -0.4 is 0 Å². The van der Waals surface area contributed by atoms with Crippen LogP contribution in [0.5, 0.6) is 0 Å². The molecular formula is C14H16F2N2O. The number of hydrogen-bond acceptors (Lipinski definition) is 2. The van der Waals surface area contributed by atoms with E-state index < -0.39 is 17.7 Å². The van der Waals surface area contributed by atoms with Gasteiger partial charge in [0, 0.05) is 18.8 Å². The van der Waals surface area contributed by atoms with Gasteiger partial charge in [0.1, 0.15) is 0 Å². The maximum atomic E-state index is 13.6. The summed E-state index contributed by atoms with van der Waals surface area (Å²) in [7, 11) is 0. The molecule has 0 bridgehead atoms. The molecule has 1 heterocycles. The minimum absolute atomic E-state index is 0.0844. The van der Waals surface area contributed by atoms with Crippen LogP contribution in [0, 0.1) is 11.8 Å². The number of hydrogen-bond donors (Lipinski definition) is 0. The lowest BCUT2D eigenvalue weighted by Crippen LogP contribution is -2.39. The van der Waals surface area contributed by atoms with E-state index in [4.69, 9.17) is 0 Å². The third-order valence-electron chi connectivity index (χ3n) is 3.43. The molecule has 1 aromatic rings. The van der Waals surface area contributed by atoms with Crippen molar-refractivity contribution in [2.75, 3.05) is 6.54 Å². The lowest BCUT2D eigenvalue weighted by atomic mass is 10.1. The van der Waals surface area contributed by atoms with E-state index in [9.17, 15) is 13.6 Å². The lowest BCUT2D eigenvalue weighted by Gasteiger charge is -2.28. The van der Waals surface area contributed by atoms with Crippen LogP contribution in [0.2, 0.25) is 0 Å². The molecule has 1 saturated carbocycles. The molecule has 0 radical (unpaired) electrons. The van der Waals surface area contributed by atoms with Crippen molar-refractivity contribution in [1.29, 1.82) is 0 Å². The number of amides is 1. The third kappa shape index (κ3) is 2.80. The summed E-state index contributed by atoms with van der Waals surface area (Å²) in [5, 5.41) is 0. The molecule has 0 spiro atoms. The van der Waals surface area contributed by atoms with Crippen LogP contribution in [0.15, 0.2) is 24.9 Å². The number of rotatable bonds is 4. The van der Waals surface area contributed by atoms with Gasteiger partial charge in [0.05, 0.1) is 5.56 Å². The first-order valence-corrected chi connectivity index (χ1v) is 6.37. The normalized spacial score (nSPS) is 15.5. The fourth-order valence-electron chi connectivity index (χ4n) is 2.49. The summed E-state index contributed by atoms with van der Waals surface area (Å²) in [6.45, 7) is 3.95. The number of carbonyl (C=O) groups excluding carboxylic acids is 1. The molecule has 3 nitrogen and oxygen atoms in total. The summed E-state index contributed by atoms with van der Waals surface area (Å²) in [5.74, 6) is -2.92. The molecule has 1 fully saturated rings. The highest BCUT2D eigenvalue weighted by atomic mass is 19.2. The molecule has 0 aromatic carbocycles. The van der Waals surface area contributed by atoms with Gasteiger partial charge < -0.3 is 4.90 Å². The maximum absolute atomic E-state index is 13.6. The number of nitrogens with zero attached hydrogens (tertiary/aromatic N) is 2. The molecule has 2 rings (SSSR count). The topological polar surface area (TPSA) is 33.2 Å². The summed E-state index contributed by atoms with van der Waals surface area (Å²) in [6.07, 6.45) is 6.61. The van der Waals surface area contributed by atoms with Crippen LogP contribution in [0.25, 0.3) is 0 Å². The van der Waals surface area contributed by atoms with Crippen LogP contribution in [0.4, 0.5) is 8.78 Å². The van der Waals surface area contributed by atoms with Gasteiger partial charge in [-0.15, -0.1) is 6.58 Å². The average molecular weight is 266 g/mol. The Bertz CT molecular complexity index is 484. The molecule has 0 unspecified atom stereocenters. The zero-order valence-electron chi connectivity index (χ0n) is 10.6. The Morgan fingerprint density at radius 1 is 1.47 bits per heavy atom. The first-order chi connectivity index (χ1) is 9.15. The summed E-state index contributed by atoms with van der Waals surface area (Å²) >= 11 is 0. The largest absolute Gasteiger partial charge is 0.332 e. The van der Waals surface area contributed by atoms with Crippen LogP contribution in [-0.2, 0) is 0 Å². The zero-order valence-corrected chi connectivity index (χ0v) is 10.6. The van der Waals surface area contributed by atoms with E-state index in [-0.39, 0.29) is 11.6 Å². The second kappa shape index (κ2) is 5.91. The highest BCUT2D eigenvalue weighted by Crippen LogP contribution is 2.25. The van der Waals surface area contributed by atoms with Gasteiger partial charge in [0.25, 0.3) is 5.91 Å². The molecule has 1 aromatic heterocycles. The molecule has 5 heteroatoms. The average Bonchev–Trinajstić information content (AvgIpc) is 2.92. The third-order valence-corrected chi connectivity index (χ3v) is 3.43. The predicted molar refractivity (Wildman–Crippen MR) is 67.6 cm³/mol. The van der Waals surface area contributed by atoms with Crippen molar-refractivity contribution in [2.45, 2.75) is 31.7 Å². The molecule has 102 valence electrons. The smallest absolute Gasteiger partial charge is 0.257 e. The lowest BCUT2D eigenvalue weighted by molar-refractivity contribution is 0.0700. The van der Waals surface area contributed by atoms with Crippen LogP contribution in [0.1, 0.15) is 36.0 Å². The Hall–Kier alpha value is -1.78. The first kappa shape index (κ1) is 13.6. The highest BCUT2D eigenvalue weighted by molar-refractivity contribution is 5.94. The van der Waals surface area contributed by atoms with E-state index in [2.05, 4.69) is 11.6 Å². The number of aromatic nitrogens is 1. The van der Waals surface area contributed by atoms with E-state index in [0.717, 1.165) is 31.9 Å². The van der Waals surface area contributed by atoms with Crippen LogP contribution >= 0.6 is 0 Å². The molecule has 0 saturated heterocycles. The maximum Gasteiger partial charge on any atom is 0.257 e. The van der Waals surface area contributed by atoms with E-state index in [0.29, 0.717) is 6.54 Å². The van der Waals surface area contributed by atoms with Crippen LogP contribution in [-0.4, -0.2) is 28.4 Å². The zero-order chi connectivity index (χ0) is 13.8. The van der Waals surface area contributed by atoms with E-state index in [1.807, 2.05) is 0 Å². The van der Waals surface area contributed by atoms with Gasteiger partial charge >= 0.3 is 0 Å². The Kier molecular flexibility index (Phi) is 4.24. The predicted octanol–water partition coefficient (Wildman–Crippen LogP) is 2.93. The van der Waals surface area contributed by atoms with Crippen LogP contribution in [0.3, 0.4) is 0 Å². The standard InChI is InChI=1S/C14H16F2N2O/c1-2-9-18(10-5-3-4-6-10)14(19)11-7-8-17-13(16)12(11)15/h2,7-8,10H,1,3-6,9H2. The highest BCUT2D eigenvalue weighted by Gasteiger charge is 2.28. The summed E-state index contributed by atoms with van der Waals surface area (Å²) in [6, 6.07) is 1.30. The van der Waals surface area contributed by atoms with E-state index >= 15 is 0 Å². The van der Waals surface area contributed by atoms with Gasteiger partial charge in [-0.3, -0.25) is 4.79 Å². The second-order valence-electron chi connectivity index (χ2n) is 4.65. The van der Waals surface area contributed by atoms with Crippen molar-refractivity contribution in [3.8, 4) is 0 Å². The van der Waals surface area contributed by atoms with Crippen molar-refractivity contribution < 1.29 is 13.6 Å². The van der Waals surface area contributed by atoms with Gasteiger partial charge in [-0.2, -0.15) is 4.39 Å². The summed E-state index contributed by atoms with van der Waals surface area (Å²) < 4.78 is 26.7. The fourth-order valence-corrected chi connectivity index (χ4v) is 2.49. The molecule has 19 heavy (non-hydrogen) atoms. The first-order valence-electron chi connectivity index (χ1n) is 6.37. The Morgan fingerprint density at radius 3 is 2.79 bits per heavy atom. The number of halogens is 2. The van der Waals surface area contributed by atoms with Crippen molar-refractivity contribution in [1.82, 2.24) is 9.88 Å². The number of carbonyl (C=O) groups is 1. The van der Waals surface area contributed by atoms with Gasteiger partial charge in [-0.25, -0.2) is 9.37 Å². The Morgan fingerprint density at radius 2 is 2.16 bits per heavy atom. The molecule has 0 atom stereocenters. The summed E-state index contributed by atoms with van der Waals surface area (Å²) in [4.78, 5) is 17.1. The van der Waals surface area contributed by atoms with Gasteiger partial charge in [-0.1, -0.05) is 18.9 Å². The molecule has 1 amide bonds. The molecule has 0 N–H and O–H groups in total. The molecular weight excluding hydrogens is 250 g/mol. The Balaban J connectivity index is 2.28. The van der Waals surface area contributed by atoms with Gasteiger partial charge in [0.15, 0.2) is 5.82 Å². The van der Waals surface area contributed by atoms with E-state index in [1.54, 1.807) is 11.0 Å². The second-order valence-corrected chi connectivity index (χ2v) is 4.65. The van der Waals surface area contributed by atoms with Crippen molar-refractivity contribution in [2.24, 2.45) is 0 Å². The van der Waals surface area contributed by atoms with Gasteiger partial charge in [0.2, 0.25) is 5.95 Å². The van der Waals surface area contributed by atoms with Crippen molar-refractivity contribution in [3.05, 3.63) is 42.2 Å². The van der Waals surface area contributed by atoms with E-state index in [1.165, 1.54) is 6.07 Å². The fraction of sp³-hybridized carbons (Fsp3) is 0.429. The minimum Gasteiger partial charge on any atom is -0.332 e. The van der Waals surface area contributed by atoms with Crippen molar-refractivity contribution >= 4 is 5.91 Å². The minimum atomic E-state index is -1.24. The SMILES string of the molecule is C=CCN(C(=O)c1ccnc(F)c1F)C1CCCC1. The van der Waals surface area contributed by atoms with Gasteiger partial charge in [-0.05, 0) is 18.9 Å². The summed E-state index contributed by atoms with van der Waals surface area (Å²) in [5.41, 5.74) is -0.263. The Labute approximate surface area is 110 Å². The number of pyridine rings is 1. The monoisotopic (exact) mass is 266 g/mol.